The Morgan fingerprint density at radius 3 is 2.96 bits per heavy atom. The van der Waals surface area contributed by atoms with Crippen LogP contribution in [-0.2, 0) is 4.79 Å². The number of nitrogens with two attached hydrogens (primary N) is 1. The zero-order chi connectivity index (χ0) is 17.8. The van der Waals surface area contributed by atoms with Crippen molar-refractivity contribution in [2.75, 3.05) is 11.6 Å². The molecule has 0 saturated heterocycles. The highest BCUT2D eigenvalue weighted by Gasteiger charge is 2.23. The van der Waals surface area contributed by atoms with Crippen molar-refractivity contribution in [2.24, 2.45) is 5.92 Å². The number of nitrogens with zero attached hydrogens (tertiary/aromatic N) is 3. The van der Waals surface area contributed by atoms with Crippen LogP contribution in [0.2, 0.25) is 0 Å². The largest absolute Gasteiger partial charge is 0.352 e. The van der Waals surface area contributed by atoms with E-state index in [1.165, 1.54) is 35.0 Å². The third-order valence-electron chi connectivity index (χ3n) is 4.54. The predicted octanol–water partition coefficient (Wildman–Crippen LogP) is 2.58. The van der Waals surface area contributed by atoms with Gasteiger partial charge in [0.05, 0.1) is 5.75 Å². The van der Waals surface area contributed by atoms with Crippen molar-refractivity contribution in [1.29, 1.82) is 0 Å². The number of benzene rings is 1. The van der Waals surface area contributed by atoms with Gasteiger partial charge in [-0.05, 0) is 30.9 Å². The Kier molecular flexibility index (Phi) is 5.57. The molecule has 1 heterocycles. The molecule has 3 rings (SSSR count). The number of nitrogen functional groups attached to an aromatic ring is 1. The number of halogens is 1. The average Bonchev–Trinajstić information content (AvgIpc) is 2.96. The third-order valence-corrected chi connectivity index (χ3v) is 5.48. The number of aromatic nitrogens is 3. The summed E-state index contributed by atoms with van der Waals surface area (Å²) in [5.74, 6) is 6.70. The van der Waals surface area contributed by atoms with Crippen molar-refractivity contribution < 1.29 is 9.18 Å². The van der Waals surface area contributed by atoms with Crippen molar-refractivity contribution in [1.82, 2.24) is 20.2 Å². The minimum Gasteiger partial charge on any atom is -0.352 e. The van der Waals surface area contributed by atoms with Gasteiger partial charge in [0.1, 0.15) is 5.82 Å². The fourth-order valence-corrected chi connectivity index (χ4v) is 3.78. The predicted molar refractivity (Wildman–Crippen MR) is 95.9 cm³/mol. The van der Waals surface area contributed by atoms with Crippen LogP contribution in [0, 0.1) is 11.7 Å². The number of rotatable bonds is 5. The molecule has 2 atom stereocenters. The summed E-state index contributed by atoms with van der Waals surface area (Å²) in [6.07, 6.45) is 4.60. The molecule has 0 bridgehead atoms. The quantitative estimate of drug-likeness (QED) is 0.630. The van der Waals surface area contributed by atoms with Crippen molar-refractivity contribution in [3.05, 3.63) is 30.1 Å². The molecule has 1 amide bonds. The number of thioether (sulfide) groups is 1. The lowest BCUT2D eigenvalue weighted by molar-refractivity contribution is -0.119. The van der Waals surface area contributed by atoms with E-state index in [0.717, 1.165) is 19.3 Å². The van der Waals surface area contributed by atoms with E-state index in [0.29, 0.717) is 22.5 Å². The molecule has 134 valence electrons. The molecule has 0 aliphatic heterocycles. The Labute approximate surface area is 150 Å². The van der Waals surface area contributed by atoms with E-state index in [9.17, 15) is 9.18 Å². The number of amides is 1. The first-order valence-corrected chi connectivity index (χ1v) is 9.41. The molecule has 1 aliphatic rings. The summed E-state index contributed by atoms with van der Waals surface area (Å²) in [5.41, 5.74) is 0.544. The number of carbonyl (C=O) groups excluding carboxylic acids is 1. The molecule has 3 N–H and O–H groups in total. The maximum absolute atomic E-state index is 13.3. The van der Waals surface area contributed by atoms with Gasteiger partial charge in [0.15, 0.2) is 5.82 Å². The highest BCUT2D eigenvalue weighted by atomic mass is 32.2. The number of carbonyl (C=O) groups is 1. The van der Waals surface area contributed by atoms with E-state index in [-0.39, 0.29) is 23.5 Å². The van der Waals surface area contributed by atoms with Crippen LogP contribution in [-0.4, -0.2) is 32.6 Å². The monoisotopic (exact) mass is 363 g/mol. The molecule has 0 unspecified atom stereocenters. The van der Waals surface area contributed by atoms with Gasteiger partial charge < -0.3 is 11.2 Å². The molecular weight excluding hydrogens is 341 g/mol. The molecule has 1 aromatic heterocycles. The van der Waals surface area contributed by atoms with Gasteiger partial charge in [-0.1, -0.05) is 43.7 Å². The minimum atomic E-state index is -0.365. The number of hydrogen-bond donors (Lipinski definition) is 2. The van der Waals surface area contributed by atoms with E-state index >= 15 is 0 Å². The van der Waals surface area contributed by atoms with Crippen LogP contribution in [0.3, 0.4) is 0 Å². The third kappa shape index (κ3) is 4.31. The summed E-state index contributed by atoms with van der Waals surface area (Å²) < 4.78 is 14.6. The Hall–Kier alpha value is -2.09. The van der Waals surface area contributed by atoms with E-state index in [1.54, 1.807) is 12.1 Å². The lowest BCUT2D eigenvalue weighted by atomic mass is 9.86. The van der Waals surface area contributed by atoms with Gasteiger partial charge >= 0.3 is 0 Å². The topological polar surface area (TPSA) is 85.8 Å². The smallest absolute Gasteiger partial charge is 0.230 e. The molecule has 6 nitrogen and oxygen atoms in total. The van der Waals surface area contributed by atoms with Gasteiger partial charge in [-0.3, -0.25) is 4.79 Å². The number of nitrogens with one attached hydrogen (secondary N) is 1. The lowest BCUT2D eigenvalue weighted by Crippen LogP contribution is -2.41. The molecule has 25 heavy (non-hydrogen) atoms. The maximum atomic E-state index is 13.3. The molecule has 1 aliphatic carbocycles. The molecule has 0 radical (unpaired) electrons. The fourth-order valence-electron chi connectivity index (χ4n) is 3.11. The van der Waals surface area contributed by atoms with E-state index in [1.807, 2.05) is 0 Å². The number of hydrogen-bond acceptors (Lipinski definition) is 5. The van der Waals surface area contributed by atoms with Gasteiger partial charge in [-0.15, -0.1) is 10.2 Å². The first-order valence-electron chi connectivity index (χ1n) is 8.43. The summed E-state index contributed by atoms with van der Waals surface area (Å²) in [6.45, 7) is 2.18. The second-order valence-corrected chi connectivity index (χ2v) is 7.35. The normalized spacial score (nSPS) is 20.4. The van der Waals surface area contributed by atoms with Crippen molar-refractivity contribution in [3.63, 3.8) is 0 Å². The summed E-state index contributed by atoms with van der Waals surface area (Å²) in [7, 11) is 0. The maximum Gasteiger partial charge on any atom is 0.230 e. The Bertz CT molecular complexity index is 750. The summed E-state index contributed by atoms with van der Waals surface area (Å²) in [5, 5.41) is 11.5. The van der Waals surface area contributed by atoms with Crippen LogP contribution >= 0.6 is 11.8 Å². The van der Waals surface area contributed by atoms with Gasteiger partial charge in [-0.25, -0.2) is 9.07 Å². The second kappa shape index (κ2) is 7.86. The van der Waals surface area contributed by atoms with Gasteiger partial charge in [0.25, 0.3) is 0 Å². The van der Waals surface area contributed by atoms with E-state index in [2.05, 4.69) is 22.4 Å². The van der Waals surface area contributed by atoms with Crippen LogP contribution in [0.25, 0.3) is 11.4 Å². The van der Waals surface area contributed by atoms with Crippen LogP contribution in [0.15, 0.2) is 29.4 Å². The molecular formula is C17H22FN5OS. The summed E-state index contributed by atoms with van der Waals surface area (Å²) in [6, 6.07) is 6.25. The van der Waals surface area contributed by atoms with E-state index < -0.39 is 0 Å². The van der Waals surface area contributed by atoms with Gasteiger partial charge in [0.2, 0.25) is 11.1 Å². The van der Waals surface area contributed by atoms with Crippen LogP contribution in [0.5, 0.6) is 0 Å². The van der Waals surface area contributed by atoms with Crippen LogP contribution in [0.1, 0.15) is 32.6 Å². The molecule has 1 saturated carbocycles. The zero-order valence-electron chi connectivity index (χ0n) is 14.1. The molecule has 1 fully saturated rings. The van der Waals surface area contributed by atoms with Crippen LogP contribution in [0.4, 0.5) is 4.39 Å². The molecule has 8 heteroatoms. The Morgan fingerprint density at radius 2 is 2.20 bits per heavy atom. The van der Waals surface area contributed by atoms with Crippen molar-refractivity contribution >= 4 is 17.7 Å². The average molecular weight is 363 g/mol. The fraction of sp³-hybridized carbons (Fsp3) is 0.471. The Morgan fingerprint density at radius 1 is 1.40 bits per heavy atom. The standard InChI is InChI=1S/C17H22FN5OS/c1-11-5-2-3-8-14(11)20-15(24)10-25-17-22-21-16(23(17)19)12-6-4-7-13(18)9-12/h4,6-7,9,11,14H,2-3,5,8,10,19H2,1H3,(H,20,24)/t11-,14+/m0/s1. The first kappa shape index (κ1) is 17.7. The SMILES string of the molecule is C[C@H]1CCCC[C@H]1NC(=O)CSc1nnc(-c2cccc(F)c2)n1N. The highest BCUT2D eigenvalue weighted by Crippen LogP contribution is 2.25. The van der Waals surface area contributed by atoms with Crippen molar-refractivity contribution in [3.8, 4) is 11.4 Å². The second-order valence-electron chi connectivity index (χ2n) is 6.41. The van der Waals surface area contributed by atoms with Crippen LogP contribution < -0.4 is 11.2 Å². The summed E-state index contributed by atoms with van der Waals surface area (Å²) >= 11 is 1.22. The zero-order valence-corrected chi connectivity index (χ0v) is 14.9. The minimum absolute atomic E-state index is 0.0287. The van der Waals surface area contributed by atoms with Gasteiger partial charge in [-0.2, -0.15) is 0 Å². The molecule has 1 aromatic carbocycles. The molecule has 0 spiro atoms. The summed E-state index contributed by atoms with van der Waals surface area (Å²) in [4.78, 5) is 12.2. The first-order chi connectivity index (χ1) is 12.0. The highest BCUT2D eigenvalue weighted by molar-refractivity contribution is 7.99. The van der Waals surface area contributed by atoms with Gasteiger partial charge in [0, 0.05) is 11.6 Å². The molecule has 2 aromatic rings. The van der Waals surface area contributed by atoms with Crippen molar-refractivity contribution in [2.45, 2.75) is 43.8 Å². The lowest BCUT2D eigenvalue weighted by Gasteiger charge is -2.29. The Balaban J connectivity index is 1.59. The van der Waals surface area contributed by atoms with E-state index in [4.69, 9.17) is 5.84 Å².